The Morgan fingerprint density at radius 3 is 2.94 bits per heavy atom. The third kappa shape index (κ3) is 3.82. The van der Waals surface area contributed by atoms with E-state index in [9.17, 15) is 4.79 Å². The van der Waals surface area contributed by atoms with Gasteiger partial charge in [0, 0.05) is 16.9 Å². The summed E-state index contributed by atoms with van der Waals surface area (Å²) >= 11 is 3.45. The summed E-state index contributed by atoms with van der Waals surface area (Å²) in [5.41, 5.74) is 0.979. The summed E-state index contributed by atoms with van der Waals surface area (Å²) in [6.45, 7) is 0.467. The normalized spacial score (nSPS) is 14.7. The number of hydrogen-bond acceptors (Lipinski definition) is 3. The fraction of sp³-hybridized carbons (Fsp3) is 0.462. The van der Waals surface area contributed by atoms with E-state index in [0.29, 0.717) is 19.0 Å². The van der Waals surface area contributed by atoms with Crippen molar-refractivity contribution >= 4 is 21.7 Å². The van der Waals surface area contributed by atoms with Gasteiger partial charge in [0.25, 0.3) is 0 Å². The molecule has 4 heteroatoms. The van der Waals surface area contributed by atoms with Gasteiger partial charge in [-0.3, -0.25) is 4.79 Å². The van der Waals surface area contributed by atoms with Crippen LogP contribution in [0.4, 0.5) is 0 Å². The highest BCUT2D eigenvalue weighted by molar-refractivity contribution is 9.10. The molecule has 1 aromatic rings. The summed E-state index contributed by atoms with van der Waals surface area (Å²) in [5.74, 6) is 0.997. The quantitative estimate of drug-likeness (QED) is 0.876. The van der Waals surface area contributed by atoms with Crippen LogP contribution in [0.1, 0.15) is 18.4 Å². The van der Waals surface area contributed by atoms with Crippen LogP contribution in [0.2, 0.25) is 0 Å². The van der Waals surface area contributed by atoms with Gasteiger partial charge in [-0.25, -0.2) is 0 Å². The van der Waals surface area contributed by atoms with Gasteiger partial charge < -0.3 is 10.1 Å². The molecule has 1 N–H and O–H groups in total. The number of ether oxygens (including phenoxy) is 1. The number of nitrogens with one attached hydrogen (secondary N) is 1. The molecule has 1 aromatic carbocycles. The molecule has 1 fully saturated rings. The number of carbonyl (C=O) groups is 1. The maximum absolute atomic E-state index is 11.8. The zero-order valence-corrected chi connectivity index (χ0v) is 11.4. The first-order valence-electron chi connectivity index (χ1n) is 5.76. The number of methoxy groups -OCH3 is 1. The predicted octanol–water partition coefficient (Wildman–Crippen LogP) is 2.32. The van der Waals surface area contributed by atoms with Gasteiger partial charge in [0.1, 0.15) is 5.75 Å². The highest BCUT2D eigenvalue weighted by atomic mass is 79.9. The number of benzene rings is 1. The SMILES string of the molecule is COc1ccc(Br)c(CC(=O)CNC2CC2)c1. The summed E-state index contributed by atoms with van der Waals surface area (Å²) in [4.78, 5) is 11.8. The summed E-state index contributed by atoms with van der Waals surface area (Å²) in [5, 5.41) is 3.23. The fourth-order valence-corrected chi connectivity index (χ4v) is 2.02. The molecule has 17 heavy (non-hydrogen) atoms. The lowest BCUT2D eigenvalue weighted by atomic mass is 10.1. The average Bonchev–Trinajstić information content (AvgIpc) is 3.13. The number of carbonyl (C=O) groups excluding carboxylic acids is 1. The molecule has 2 rings (SSSR count). The maximum atomic E-state index is 11.8. The molecule has 92 valence electrons. The minimum Gasteiger partial charge on any atom is -0.497 e. The molecule has 3 nitrogen and oxygen atoms in total. The Morgan fingerprint density at radius 2 is 2.29 bits per heavy atom. The fourth-order valence-electron chi connectivity index (χ4n) is 1.63. The van der Waals surface area contributed by atoms with Crippen LogP contribution >= 0.6 is 15.9 Å². The molecule has 0 radical (unpaired) electrons. The van der Waals surface area contributed by atoms with Crippen molar-refractivity contribution in [2.75, 3.05) is 13.7 Å². The number of rotatable bonds is 6. The molecule has 0 unspecified atom stereocenters. The van der Waals surface area contributed by atoms with Gasteiger partial charge in [0.05, 0.1) is 13.7 Å². The second kappa shape index (κ2) is 5.65. The third-order valence-electron chi connectivity index (χ3n) is 2.81. The van der Waals surface area contributed by atoms with E-state index in [4.69, 9.17) is 4.74 Å². The highest BCUT2D eigenvalue weighted by Gasteiger charge is 2.21. The molecular weight excluding hydrogens is 282 g/mol. The van der Waals surface area contributed by atoms with Crippen molar-refractivity contribution in [1.82, 2.24) is 5.32 Å². The molecule has 0 spiro atoms. The number of ketones is 1. The van der Waals surface area contributed by atoms with Crippen molar-refractivity contribution in [3.05, 3.63) is 28.2 Å². The highest BCUT2D eigenvalue weighted by Crippen LogP contribution is 2.23. The average molecular weight is 298 g/mol. The van der Waals surface area contributed by atoms with Crippen LogP contribution in [0.25, 0.3) is 0 Å². The molecule has 0 aromatic heterocycles. The van der Waals surface area contributed by atoms with Gasteiger partial charge in [0.15, 0.2) is 5.78 Å². The molecule has 0 aliphatic heterocycles. The smallest absolute Gasteiger partial charge is 0.151 e. The first-order valence-corrected chi connectivity index (χ1v) is 6.56. The van der Waals surface area contributed by atoms with Crippen molar-refractivity contribution in [3.63, 3.8) is 0 Å². The van der Waals surface area contributed by atoms with Crippen LogP contribution < -0.4 is 10.1 Å². The predicted molar refractivity (Wildman–Crippen MR) is 70.4 cm³/mol. The molecule has 1 aliphatic rings. The first-order chi connectivity index (χ1) is 8.19. The second-order valence-electron chi connectivity index (χ2n) is 4.33. The largest absolute Gasteiger partial charge is 0.497 e. The molecule has 1 saturated carbocycles. The minimum absolute atomic E-state index is 0.214. The molecule has 0 atom stereocenters. The van der Waals surface area contributed by atoms with Gasteiger partial charge >= 0.3 is 0 Å². The third-order valence-corrected chi connectivity index (χ3v) is 3.58. The molecule has 0 bridgehead atoms. The monoisotopic (exact) mass is 297 g/mol. The van der Waals surface area contributed by atoms with E-state index in [1.165, 1.54) is 12.8 Å². The van der Waals surface area contributed by atoms with E-state index < -0.39 is 0 Å². The summed E-state index contributed by atoms with van der Waals surface area (Å²) in [7, 11) is 1.63. The Morgan fingerprint density at radius 1 is 1.53 bits per heavy atom. The molecule has 1 aliphatic carbocycles. The molecular formula is C13H16BrNO2. The first kappa shape index (κ1) is 12.6. The van der Waals surface area contributed by atoms with Crippen molar-refractivity contribution in [2.45, 2.75) is 25.3 Å². The minimum atomic E-state index is 0.214. The van der Waals surface area contributed by atoms with Crippen molar-refractivity contribution < 1.29 is 9.53 Å². The molecule has 0 amide bonds. The standard InChI is InChI=1S/C13H16BrNO2/c1-17-12-4-5-13(14)9(7-12)6-11(16)8-15-10-2-3-10/h4-5,7,10,15H,2-3,6,8H2,1H3. The maximum Gasteiger partial charge on any atom is 0.151 e. The van der Waals surface area contributed by atoms with E-state index in [-0.39, 0.29) is 5.78 Å². The lowest BCUT2D eigenvalue weighted by Crippen LogP contribution is -2.26. The van der Waals surface area contributed by atoms with Crippen LogP contribution in [-0.2, 0) is 11.2 Å². The Hall–Kier alpha value is -0.870. The Bertz CT molecular complexity index is 416. The van der Waals surface area contributed by atoms with Crippen LogP contribution in [0.15, 0.2) is 22.7 Å². The zero-order valence-electron chi connectivity index (χ0n) is 9.83. The van der Waals surface area contributed by atoms with Gasteiger partial charge in [-0.2, -0.15) is 0 Å². The van der Waals surface area contributed by atoms with E-state index in [0.717, 1.165) is 15.8 Å². The Kier molecular flexibility index (Phi) is 4.18. The summed E-state index contributed by atoms with van der Waals surface area (Å²) in [6, 6.07) is 6.27. The van der Waals surface area contributed by atoms with Crippen molar-refractivity contribution in [3.8, 4) is 5.75 Å². The van der Waals surface area contributed by atoms with E-state index in [1.807, 2.05) is 18.2 Å². The van der Waals surface area contributed by atoms with Crippen molar-refractivity contribution in [2.24, 2.45) is 0 Å². The Balaban J connectivity index is 1.93. The second-order valence-corrected chi connectivity index (χ2v) is 5.18. The van der Waals surface area contributed by atoms with Gasteiger partial charge in [-0.05, 0) is 36.6 Å². The summed E-state index contributed by atoms with van der Waals surface area (Å²) < 4.78 is 6.11. The van der Waals surface area contributed by atoms with E-state index in [2.05, 4.69) is 21.2 Å². The van der Waals surface area contributed by atoms with Crippen molar-refractivity contribution in [1.29, 1.82) is 0 Å². The van der Waals surface area contributed by atoms with E-state index >= 15 is 0 Å². The molecule has 0 heterocycles. The van der Waals surface area contributed by atoms with Crippen LogP contribution in [0, 0.1) is 0 Å². The van der Waals surface area contributed by atoms with Crippen LogP contribution in [0.3, 0.4) is 0 Å². The topological polar surface area (TPSA) is 38.3 Å². The lowest BCUT2D eigenvalue weighted by Gasteiger charge is -2.07. The van der Waals surface area contributed by atoms with Gasteiger partial charge in [-0.1, -0.05) is 15.9 Å². The summed E-state index contributed by atoms with van der Waals surface area (Å²) in [6.07, 6.45) is 2.85. The Labute approximate surface area is 110 Å². The molecule has 0 saturated heterocycles. The van der Waals surface area contributed by atoms with Gasteiger partial charge in [0.2, 0.25) is 0 Å². The van der Waals surface area contributed by atoms with E-state index in [1.54, 1.807) is 7.11 Å². The number of hydrogen-bond donors (Lipinski definition) is 1. The lowest BCUT2D eigenvalue weighted by molar-refractivity contribution is -0.117. The number of halogens is 1. The number of Topliss-reactive ketones (excluding diaryl/α,β-unsaturated/α-hetero) is 1. The van der Waals surface area contributed by atoms with Crippen LogP contribution in [-0.4, -0.2) is 25.5 Å². The van der Waals surface area contributed by atoms with Gasteiger partial charge in [-0.15, -0.1) is 0 Å². The zero-order chi connectivity index (χ0) is 12.3. The van der Waals surface area contributed by atoms with Crippen LogP contribution in [0.5, 0.6) is 5.75 Å².